The number of hydrogen-bond donors (Lipinski definition) is 1. The fraction of sp³-hybridized carbons (Fsp3) is 0.476. The molecule has 1 spiro atoms. The maximum absolute atomic E-state index is 13.6. The minimum Gasteiger partial charge on any atom is -0.369 e. The minimum atomic E-state index is -0.387. The van der Waals surface area contributed by atoms with Gasteiger partial charge in [0, 0.05) is 42.9 Å². The highest BCUT2D eigenvalue weighted by atomic mass is 19.1. The highest BCUT2D eigenvalue weighted by Crippen LogP contribution is 2.54. The van der Waals surface area contributed by atoms with Gasteiger partial charge in [0.1, 0.15) is 5.82 Å². The van der Waals surface area contributed by atoms with Crippen molar-refractivity contribution in [1.29, 1.82) is 0 Å². The quantitative estimate of drug-likeness (QED) is 0.879. The van der Waals surface area contributed by atoms with Gasteiger partial charge < -0.3 is 15.0 Å². The van der Waals surface area contributed by atoms with Crippen molar-refractivity contribution in [3.05, 3.63) is 53.6 Å². The Labute approximate surface area is 163 Å². The first kappa shape index (κ1) is 17.6. The van der Waals surface area contributed by atoms with E-state index in [4.69, 9.17) is 4.74 Å². The summed E-state index contributed by atoms with van der Waals surface area (Å²) in [6, 6.07) is 6.22. The number of carbonyl (C=O) groups is 1. The Balaban J connectivity index is 1.29. The lowest BCUT2D eigenvalue weighted by Crippen LogP contribution is -2.41. The van der Waals surface area contributed by atoms with Crippen molar-refractivity contribution in [2.45, 2.75) is 31.5 Å². The first-order valence-electron chi connectivity index (χ1n) is 9.79. The molecule has 3 aliphatic rings. The van der Waals surface area contributed by atoms with E-state index in [0.29, 0.717) is 18.0 Å². The summed E-state index contributed by atoms with van der Waals surface area (Å²) in [6.07, 6.45) is 5.74. The first-order valence-corrected chi connectivity index (χ1v) is 9.79. The van der Waals surface area contributed by atoms with Crippen molar-refractivity contribution >= 4 is 11.9 Å². The number of fused-ring (bicyclic) bond motifs is 1. The molecular formula is C21H23FN4O2. The molecule has 1 aromatic heterocycles. The second-order valence-corrected chi connectivity index (χ2v) is 8.19. The predicted molar refractivity (Wildman–Crippen MR) is 102 cm³/mol. The van der Waals surface area contributed by atoms with Crippen LogP contribution in [0.2, 0.25) is 0 Å². The number of anilines is 1. The van der Waals surface area contributed by atoms with Crippen molar-refractivity contribution in [2.75, 3.05) is 24.5 Å². The Kier molecular flexibility index (Phi) is 4.08. The lowest BCUT2D eigenvalue weighted by Gasteiger charge is -2.29. The molecule has 0 saturated carbocycles. The van der Waals surface area contributed by atoms with Gasteiger partial charge in [0.2, 0.25) is 5.95 Å². The molecule has 6 nitrogen and oxygen atoms in total. The van der Waals surface area contributed by atoms with E-state index in [0.717, 1.165) is 37.4 Å². The molecule has 2 aromatic rings. The van der Waals surface area contributed by atoms with E-state index in [2.05, 4.69) is 20.2 Å². The summed E-state index contributed by atoms with van der Waals surface area (Å²) in [4.78, 5) is 23.5. The number of hydrogen-bond acceptors (Lipinski definition) is 5. The first-order chi connectivity index (χ1) is 13.5. The number of carbonyl (C=O) groups excluding carboxylic acids is 1. The van der Waals surface area contributed by atoms with Gasteiger partial charge in [-0.1, -0.05) is 0 Å². The molecule has 4 heterocycles. The fourth-order valence-electron chi connectivity index (χ4n) is 5.25. The number of aromatic nitrogens is 2. The van der Waals surface area contributed by atoms with Crippen molar-refractivity contribution in [3.8, 4) is 0 Å². The van der Waals surface area contributed by atoms with Gasteiger partial charge in [-0.2, -0.15) is 0 Å². The highest BCUT2D eigenvalue weighted by molar-refractivity contribution is 5.94. The molecule has 1 aromatic carbocycles. The molecule has 1 amide bonds. The summed E-state index contributed by atoms with van der Waals surface area (Å²) in [6.45, 7) is 3.95. The summed E-state index contributed by atoms with van der Waals surface area (Å²) in [5.74, 6) is 0.698. The van der Waals surface area contributed by atoms with Gasteiger partial charge in [0.15, 0.2) is 0 Å². The molecular weight excluding hydrogens is 359 g/mol. The van der Waals surface area contributed by atoms with Crippen LogP contribution >= 0.6 is 0 Å². The SMILES string of the molecule is Cc1cc(F)cc(C(=O)NC[C@H]2[C@H]3CN(c4ncccn4)C[C@]34CC[C@H]2O4)c1. The largest absolute Gasteiger partial charge is 0.369 e. The molecule has 2 bridgehead atoms. The van der Waals surface area contributed by atoms with E-state index in [9.17, 15) is 9.18 Å². The smallest absolute Gasteiger partial charge is 0.251 e. The molecule has 0 aliphatic carbocycles. The molecule has 3 aliphatic heterocycles. The lowest BCUT2D eigenvalue weighted by molar-refractivity contribution is 0.0141. The summed E-state index contributed by atoms with van der Waals surface area (Å²) in [5, 5.41) is 3.01. The van der Waals surface area contributed by atoms with E-state index in [-0.39, 0.29) is 29.3 Å². The van der Waals surface area contributed by atoms with Gasteiger partial charge in [0.05, 0.1) is 18.2 Å². The normalized spacial score (nSPS) is 30.5. The van der Waals surface area contributed by atoms with E-state index >= 15 is 0 Å². The van der Waals surface area contributed by atoms with Crippen LogP contribution < -0.4 is 10.2 Å². The van der Waals surface area contributed by atoms with Gasteiger partial charge >= 0.3 is 0 Å². The number of rotatable bonds is 4. The van der Waals surface area contributed by atoms with E-state index in [1.54, 1.807) is 25.4 Å². The van der Waals surface area contributed by atoms with Crippen LogP contribution in [0, 0.1) is 24.6 Å². The predicted octanol–water partition coefficient (Wildman–Crippen LogP) is 2.34. The van der Waals surface area contributed by atoms with E-state index < -0.39 is 0 Å². The average Bonchev–Trinajstić information content (AvgIpc) is 3.34. The van der Waals surface area contributed by atoms with Crippen molar-refractivity contribution in [3.63, 3.8) is 0 Å². The number of amides is 1. The number of benzene rings is 1. The summed E-state index contributed by atoms with van der Waals surface area (Å²) < 4.78 is 20.0. The van der Waals surface area contributed by atoms with Crippen LogP contribution in [-0.2, 0) is 4.74 Å². The third-order valence-electron chi connectivity index (χ3n) is 6.42. The second-order valence-electron chi connectivity index (χ2n) is 8.19. The molecule has 7 heteroatoms. The van der Waals surface area contributed by atoms with Gasteiger partial charge in [0.25, 0.3) is 5.91 Å². The van der Waals surface area contributed by atoms with Gasteiger partial charge in [-0.3, -0.25) is 4.79 Å². The van der Waals surface area contributed by atoms with Gasteiger partial charge in [-0.15, -0.1) is 0 Å². The van der Waals surface area contributed by atoms with Gasteiger partial charge in [-0.25, -0.2) is 14.4 Å². The monoisotopic (exact) mass is 382 g/mol. The molecule has 3 fully saturated rings. The highest BCUT2D eigenvalue weighted by Gasteiger charge is 2.63. The maximum Gasteiger partial charge on any atom is 0.251 e. The molecule has 28 heavy (non-hydrogen) atoms. The second kappa shape index (κ2) is 6.51. The molecule has 5 rings (SSSR count). The Bertz CT molecular complexity index is 888. The zero-order valence-electron chi connectivity index (χ0n) is 15.8. The standard InChI is InChI=1S/C21H23FN4O2/c1-13-7-14(9-15(22)8-13)19(27)25-10-16-17-11-26(20-23-5-2-6-24-20)12-21(17)4-3-18(16)28-21/h2,5-9,16-18H,3-4,10-12H2,1H3,(H,25,27)/t16-,17+,18+,21+/m0/s1. The summed E-state index contributed by atoms with van der Waals surface area (Å²) >= 11 is 0. The topological polar surface area (TPSA) is 67.4 Å². The van der Waals surface area contributed by atoms with Crippen LogP contribution in [0.4, 0.5) is 10.3 Å². The third kappa shape index (κ3) is 2.85. The van der Waals surface area contributed by atoms with Crippen molar-refractivity contribution in [1.82, 2.24) is 15.3 Å². The van der Waals surface area contributed by atoms with Crippen LogP contribution in [0.25, 0.3) is 0 Å². The molecule has 0 radical (unpaired) electrons. The number of halogens is 1. The molecule has 3 saturated heterocycles. The summed E-state index contributed by atoms with van der Waals surface area (Å²) in [7, 11) is 0. The molecule has 146 valence electrons. The van der Waals surface area contributed by atoms with Crippen LogP contribution in [0.15, 0.2) is 36.7 Å². The van der Waals surface area contributed by atoms with Crippen LogP contribution in [0.5, 0.6) is 0 Å². The average molecular weight is 382 g/mol. The molecule has 4 atom stereocenters. The van der Waals surface area contributed by atoms with E-state index in [1.807, 2.05) is 6.07 Å². The van der Waals surface area contributed by atoms with Crippen molar-refractivity contribution < 1.29 is 13.9 Å². The molecule has 1 N–H and O–H groups in total. The minimum absolute atomic E-state index is 0.158. The Morgan fingerprint density at radius 1 is 1.36 bits per heavy atom. The van der Waals surface area contributed by atoms with Crippen LogP contribution in [0.1, 0.15) is 28.8 Å². The zero-order valence-corrected chi connectivity index (χ0v) is 15.8. The van der Waals surface area contributed by atoms with Crippen LogP contribution in [-0.4, -0.2) is 47.2 Å². The Morgan fingerprint density at radius 2 is 2.18 bits per heavy atom. The molecule has 0 unspecified atom stereocenters. The summed E-state index contributed by atoms with van der Waals surface area (Å²) in [5.41, 5.74) is 0.943. The lowest BCUT2D eigenvalue weighted by atomic mass is 9.73. The van der Waals surface area contributed by atoms with E-state index in [1.165, 1.54) is 12.1 Å². The van der Waals surface area contributed by atoms with Crippen LogP contribution in [0.3, 0.4) is 0 Å². The maximum atomic E-state index is 13.6. The number of aryl methyl sites for hydroxylation is 1. The number of nitrogens with zero attached hydrogens (tertiary/aromatic N) is 3. The zero-order chi connectivity index (χ0) is 19.3. The number of nitrogens with one attached hydrogen (secondary N) is 1. The Hall–Kier alpha value is -2.54. The van der Waals surface area contributed by atoms with Gasteiger partial charge in [-0.05, 0) is 49.6 Å². The number of ether oxygens (including phenoxy) is 1. The van der Waals surface area contributed by atoms with Crippen molar-refractivity contribution in [2.24, 2.45) is 11.8 Å². The Morgan fingerprint density at radius 3 is 2.96 bits per heavy atom. The third-order valence-corrected chi connectivity index (χ3v) is 6.42. The fourth-order valence-corrected chi connectivity index (χ4v) is 5.25.